The SMILES string of the molecule is Cc1c(NC(=O)c2ccc(CS(=O)(=O)N3CCCC3)cc2)cccc1[N+](=O)[O-]. The van der Waals surface area contributed by atoms with Crippen molar-refractivity contribution in [1.82, 2.24) is 4.31 Å². The van der Waals surface area contributed by atoms with E-state index in [1.165, 1.54) is 16.4 Å². The molecule has 2 aromatic carbocycles. The summed E-state index contributed by atoms with van der Waals surface area (Å²) in [6.45, 7) is 2.69. The van der Waals surface area contributed by atoms with Crippen molar-refractivity contribution in [1.29, 1.82) is 0 Å². The lowest BCUT2D eigenvalue weighted by Gasteiger charge is -2.15. The van der Waals surface area contributed by atoms with Crippen LogP contribution in [0.5, 0.6) is 0 Å². The molecular weight excluding hydrogens is 382 g/mol. The maximum Gasteiger partial charge on any atom is 0.274 e. The number of hydrogen-bond donors (Lipinski definition) is 1. The molecule has 1 heterocycles. The van der Waals surface area contributed by atoms with E-state index in [0.29, 0.717) is 35.5 Å². The van der Waals surface area contributed by atoms with Crippen LogP contribution in [-0.4, -0.2) is 36.6 Å². The van der Waals surface area contributed by atoms with Crippen LogP contribution in [-0.2, 0) is 15.8 Å². The molecule has 28 heavy (non-hydrogen) atoms. The molecule has 0 bridgehead atoms. The van der Waals surface area contributed by atoms with Crippen molar-refractivity contribution < 1.29 is 18.1 Å². The maximum absolute atomic E-state index is 12.4. The highest BCUT2D eigenvalue weighted by Gasteiger charge is 2.25. The minimum atomic E-state index is -3.34. The molecule has 1 aliphatic rings. The molecular formula is C19H21N3O5S. The van der Waals surface area contributed by atoms with Crippen LogP contribution < -0.4 is 5.32 Å². The summed E-state index contributed by atoms with van der Waals surface area (Å²) < 4.78 is 26.3. The van der Waals surface area contributed by atoms with Gasteiger partial charge < -0.3 is 5.32 Å². The molecule has 148 valence electrons. The van der Waals surface area contributed by atoms with Crippen LogP contribution in [0.15, 0.2) is 42.5 Å². The molecule has 3 rings (SSSR count). The summed E-state index contributed by atoms with van der Waals surface area (Å²) in [7, 11) is -3.34. The Hall–Kier alpha value is -2.78. The Kier molecular flexibility index (Phi) is 5.76. The van der Waals surface area contributed by atoms with E-state index in [0.717, 1.165) is 12.8 Å². The van der Waals surface area contributed by atoms with Crippen molar-refractivity contribution in [2.45, 2.75) is 25.5 Å². The van der Waals surface area contributed by atoms with Crippen LogP contribution in [0.1, 0.15) is 34.3 Å². The number of anilines is 1. The smallest absolute Gasteiger partial charge is 0.274 e. The Morgan fingerprint density at radius 2 is 1.79 bits per heavy atom. The molecule has 1 N–H and O–H groups in total. The summed E-state index contributed by atoms with van der Waals surface area (Å²) in [6, 6.07) is 10.8. The third-order valence-electron chi connectivity index (χ3n) is 4.77. The average molecular weight is 403 g/mol. The van der Waals surface area contributed by atoms with Gasteiger partial charge in [0.1, 0.15) is 0 Å². The van der Waals surface area contributed by atoms with Gasteiger partial charge in [0.25, 0.3) is 11.6 Å². The molecule has 8 nitrogen and oxygen atoms in total. The number of rotatable bonds is 6. The van der Waals surface area contributed by atoms with Crippen molar-refractivity contribution in [3.8, 4) is 0 Å². The van der Waals surface area contributed by atoms with E-state index in [-0.39, 0.29) is 11.4 Å². The highest BCUT2D eigenvalue weighted by molar-refractivity contribution is 7.88. The number of carbonyl (C=O) groups excluding carboxylic acids is 1. The minimum absolute atomic E-state index is 0.0692. The van der Waals surface area contributed by atoms with Crippen molar-refractivity contribution in [2.75, 3.05) is 18.4 Å². The molecule has 0 aliphatic carbocycles. The molecule has 0 spiro atoms. The van der Waals surface area contributed by atoms with Gasteiger partial charge in [0.05, 0.1) is 21.9 Å². The first-order valence-electron chi connectivity index (χ1n) is 8.90. The molecule has 0 saturated carbocycles. The van der Waals surface area contributed by atoms with Gasteiger partial charge in [0.15, 0.2) is 0 Å². The van der Waals surface area contributed by atoms with E-state index >= 15 is 0 Å². The predicted molar refractivity (Wildman–Crippen MR) is 106 cm³/mol. The summed E-state index contributed by atoms with van der Waals surface area (Å²) in [5.41, 5.74) is 1.61. The van der Waals surface area contributed by atoms with Gasteiger partial charge in [-0.1, -0.05) is 18.2 Å². The minimum Gasteiger partial charge on any atom is -0.321 e. The van der Waals surface area contributed by atoms with Crippen molar-refractivity contribution >= 4 is 27.3 Å². The molecule has 0 atom stereocenters. The Morgan fingerprint density at radius 3 is 2.39 bits per heavy atom. The molecule has 1 aliphatic heterocycles. The summed E-state index contributed by atoms with van der Waals surface area (Å²) >= 11 is 0. The topological polar surface area (TPSA) is 110 Å². The Balaban J connectivity index is 1.71. The zero-order chi connectivity index (χ0) is 20.3. The van der Waals surface area contributed by atoms with E-state index in [1.54, 1.807) is 37.3 Å². The zero-order valence-corrected chi connectivity index (χ0v) is 16.2. The highest BCUT2D eigenvalue weighted by Crippen LogP contribution is 2.25. The normalized spacial score (nSPS) is 14.8. The molecule has 1 amide bonds. The van der Waals surface area contributed by atoms with Crippen LogP contribution >= 0.6 is 0 Å². The summed E-state index contributed by atoms with van der Waals surface area (Å²) in [5, 5.41) is 13.7. The van der Waals surface area contributed by atoms with Gasteiger partial charge in [-0.05, 0) is 43.5 Å². The fourth-order valence-electron chi connectivity index (χ4n) is 3.17. The second-order valence-corrected chi connectivity index (χ2v) is 8.69. The molecule has 9 heteroatoms. The number of sulfonamides is 1. The predicted octanol–water partition coefficient (Wildman–Crippen LogP) is 3.08. The second kappa shape index (κ2) is 8.07. The standard InChI is InChI=1S/C19H21N3O5S/c1-14-17(5-4-6-18(14)22(24)25)20-19(23)16-9-7-15(8-10-16)13-28(26,27)21-11-2-3-12-21/h4-10H,2-3,11-13H2,1H3,(H,20,23). The molecule has 0 unspecified atom stereocenters. The van der Waals surface area contributed by atoms with Gasteiger partial charge in [-0.15, -0.1) is 0 Å². The third-order valence-corrected chi connectivity index (χ3v) is 6.62. The summed E-state index contributed by atoms with van der Waals surface area (Å²) in [4.78, 5) is 23.0. The molecule has 0 radical (unpaired) electrons. The molecule has 2 aromatic rings. The Labute approximate surface area is 163 Å². The van der Waals surface area contributed by atoms with Gasteiger partial charge in [-0.3, -0.25) is 14.9 Å². The quantitative estimate of drug-likeness (QED) is 0.589. The van der Waals surface area contributed by atoms with Crippen molar-refractivity contribution in [3.63, 3.8) is 0 Å². The monoisotopic (exact) mass is 403 g/mol. The lowest BCUT2D eigenvalue weighted by Crippen LogP contribution is -2.29. The van der Waals surface area contributed by atoms with Gasteiger partial charge in [0.2, 0.25) is 10.0 Å². The number of amides is 1. The maximum atomic E-state index is 12.4. The lowest BCUT2D eigenvalue weighted by molar-refractivity contribution is -0.385. The Bertz CT molecular complexity index is 997. The second-order valence-electron chi connectivity index (χ2n) is 6.72. The number of nitrogens with zero attached hydrogens (tertiary/aromatic N) is 2. The van der Waals surface area contributed by atoms with Crippen LogP contribution in [0.4, 0.5) is 11.4 Å². The molecule has 1 fully saturated rings. The Morgan fingerprint density at radius 1 is 1.14 bits per heavy atom. The lowest BCUT2D eigenvalue weighted by atomic mass is 10.1. The number of nitro groups is 1. The fourth-order valence-corrected chi connectivity index (χ4v) is 4.78. The van der Waals surface area contributed by atoms with E-state index in [1.807, 2.05) is 0 Å². The van der Waals surface area contributed by atoms with Crippen molar-refractivity contribution in [2.24, 2.45) is 0 Å². The van der Waals surface area contributed by atoms with E-state index in [2.05, 4.69) is 5.32 Å². The van der Waals surface area contributed by atoms with Crippen molar-refractivity contribution in [3.05, 3.63) is 69.3 Å². The number of nitro benzene ring substituents is 1. The van der Waals surface area contributed by atoms with Crippen LogP contribution in [0.2, 0.25) is 0 Å². The van der Waals surface area contributed by atoms with Crippen LogP contribution in [0, 0.1) is 17.0 Å². The van der Waals surface area contributed by atoms with E-state index in [4.69, 9.17) is 0 Å². The number of benzene rings is 2. The number of carbonyl (C=O) groups is 1. The summed E-state index contributed by atoms with van der Waals surface area (Å²) in [6.07, 6.45) is 1.77. The summed E-state index contributed by atoms with van der Waals surface area (Å²) in [5.74, 6) is -0.517. The highest BCUT2D eigenvalue weighted by atomic mass is 32.2. The largest absolute Gasteiger partial charge is 0.321 e. The zero-order valence-electron chi connectivity index (χ0n) is 15.4. The fraction of sp³-hybridized carbons (Fsp3) is 0.316. The van der Waals surface area contributed by atoms with Gasteiger partial charge >= 0.3 is 0 Å². The first-order valence-corrected chi connectivity index (χ1v) is 10.5. The van der Waals surface area contributed by atoms with Gasteiger partial charge in [0, 0.05) is 24.7 Å². The first kappa shape index (κ1) is 20.0. The third kappa shape index (κ3) is 4.37. The van der Waals surface area contributed by atoms with Crippen LogP contribution in [0.25, 0.3) is 0 Å². The van der Waals surface area contributed by atoms with E-state index in [9.17, 15) is 23.3 Å². The van der Waals surface area contributed by atoms with Crippen LogP contribution in [0.3, 0.4) is 0 Å². The number of nitrogens with one attached hydrogen (secondary N) is 1. The van der Waals surface area contributed by atoms with Gasteiger partial charge in [-0.25, -0.2) is 12.7 Å². The molecule has 1 saturated heterocycles. The number of hydrogen-bond acceptors (Lipinski definition) is 5. The average Bonchev–Trinajstić information content (AvgIpc) is 3.19. The first-order chi connectivity index (χ1) is 13.3. The molecule has 0 aromatic heterocycles. The van der Waals surface area contributed by atoms with Gasteiger partial charge in [-0.2, -0.15) is 0 Å². The van der Waals surface area contributed by atoms with E-state index < -0.39 is 20.9 Å².